The van der Waals surface area contributed by atoms with Crippen molar-refractivity contribution < 1.29 is 29.0 Å². The molecule has 0 unspecified atom stereocenters. The molecule has 0 atom stereocenters. The summed E-state index contributed by atoms with van der Waals surface area (Å²) in [5.74, 6) is -1.01. The molecule has 9 nitrogen and oxygen atoms in total. The van der Waals surface area contributed by atoms with E-state index in [0.29, 0.717) is 19.8 Å². The van der Waals surface area contributed by atoms with E-state index in [1.165, 1.54) is 89.9 Å². The Balaban J connectivity index is 2.29. The normalized spacial score (nSPS) is 14.2. The van der Waals surface area contributed by atoms with Crippen LogP contribution in [0.15, 0.2) is 48.6 Å². The molecule has 334 valence electrons. The number of β-amino-alcohol motifs (C(OH)–C–C–N with tert-alkyl or cyclic N) is 1. The number of hydrogen-bond donors (Lipinski definition) is 2. The number of nitrogens with zero attached hydrogens (tertiary/aromatic N) is 2. The van der Waals surface area contributed by atoms with Crippen LogP contribution >= 0.6 is 0 Å². The predicted octanol–water partition coefficient (Wildman–Crippen LogP) is 10.6. The van der Waals surface area contributed by atoms with E-state index in [-0.39, 0.29) is 31.9 Å². The van der Waals surface area contributed by atoms with E-state index in [0.717, 1.165) is 90.4 Å². The molecule has 0 aromatic carbocycles. The van der Waals surface area contributed by atoms with Crippen LogP contribution in [-0.2, 0) is 23.9 Å². The summed E-state index contributed by atoms with van der Waals surface area (Å²) in [7, 11) is 0. The van der Waals surface area contributed by atoms with Gasteiger partial charge in [-0.3, -0.25) is 24.2 Å². The van der Waals surface area contributed by atoms with Crippen molar-refractivity contribution in [3.8, 4) is 0 Å². The van der Waals surface area contributed by atoms with Gasteiger partial charge in [-0.05, 0) is 77.0 Å². The molecule has 1 fully saturated rings. The summed E-state index contributed by atoms with van der Waals surface area (Å²) >= 11 is 0. The van der Waals surface area contributed by atoms with Gasteiger partial charge < -0.3 is 19.9 Å². The summed E-state index contributed by atoms with van der Waals surface area (Å²) in [6.07, 6.45) is 45.7. The molecular formula is C49H87N3O6. The lowest BCUT2D eigenvalue weighted by atomic mass is 10.1. The topological polar surface area (TPSA) is 108 Å². The molecule has 0 aromatic heterocycles. The number of hydrogen-bond acceptors (Lipinski definition) is 8. The van der Waals surface area contributed by atoms with Gasteiger partial charge in [0, 0.05) is 38.8 Å². The Labute approximate surface area is 355 Å². The Morgan fingerprint density at radius 1 is 0.534 bits per heavy atom. The van der Waals surface area contributed by atoms with Crippen molar-refractivity contribution in [2.75, 3.05) is 59.1 Å². The molecule has 1 aliphatic heterocycles. The van der Waals surface area contributed by atoms with Crippen LogP contribution in [0, 0.1) is 0 Å². The van der Waals surface area contributed by atoms with Gasteiger partial charge >= 0.3 is 11.9 Å². The number of allylic oxidation sites excluding steroid dienone is 8. The van der Waals surface area contributed by atoms with Crippen molar-refractivity contribution in [3.05, 3.63) is 48.6 Å². The third-order valence-electron chi connectivity index (χ3n) is 10.7. The highest BCUT2D eigenvalue weighted by Crippen LogP contribution is 2.12. The molecule has 58 heavy (non-hydrogen) atoms. The first-order valence-corrected chi connectivity index (χ1v) is 23.7. The molecule has 9 heteroatoms. The lowest BCUT2D eigenvalue weighted by molar-refractivity contribution is -0.146. The highest BCUT2D eigenvalue weighted by molar-refractivity contribution is 5.81. The van der Waals surface area contributed by atoms with E-state index < -0.39 is 18.0 Å². The molecule has 0 spiro atoms. The fourth-order valence-corrected chi connectivity index (χ4v) is 7.04. The second kappa shape index (κ2) is 41.0. The van der Waals surface area contributed by atoms with Crippen molar-refractivity contribution in [2.24, 2.45) is 0 Å². The zero-order chi connectivity index (χ0) is 42.0. The molecule has 1 heterocycles. The van der Waals surface area contributed by atoms with Crippen LogP contribution in [0.2, 0.25) is 0 Å². The number of ether oxygens (including phenoxy) is 2. The quantitative estimate of drug-likeness (QED) is 0.0359. The van der Waals surface area contributed by atoms with Crippen molar-refractivity contribution in [1.29, 1.82) is 0 Å². The van der Waals surface area contributed by atoms with E-state index in [1.54, 1.807) is 0 Å². The lowest BCUT2D eigenvalue weighted by Crippen LogP contribution is -2.51. The van der Waals surface area contributed by atoms with Crippen LogP contribution < -0.4 is 5.32 Å². The molecule has 0 saturated carbocycles. The molecule has 0 radical (unpaired) electrons. The SMILES string of the molecule is CCCCC/C=C\C/C=C\CCCCCCCCOC(=O)CC(CC(=O)OCCCCCCCC/C=C\C/C=C\CCCCC)NC(=O)CN1CCN(CCO)CC1. The number of unbranched alkanes of at least 4 members (excludes halogenated alkanes) is 18. The number of amides is 1. The van der Waals surface area contributed by atoms with E-state index in [4.69, 9.17) is 9.47 Å². The van der Waals surface area contributed by atoms with Crippen LogP contribution in [0.1, 0.15) is 181 Å². The minimum absolute atomic E-state index is 0.0573. The minimum atomic E-state index is -0.671. The monoisotopic (exact) mass is 814 g/mol. The van der Waals surface area contributed by atoms with Crippen LogP contribution in [0.5, 0.6) is 0 Å². The summed E-state index contributed by atoms with van der Waals surface area (Å²) in [6, 6.07) is -0.671. The average molecular weight is 814 g/mol. The van der Waals surface area contributed by atoms with Crippen molar-refractivity contribution in [1.82, 2.24) is 15.1 Å². The summed E-state index contributed by atoms with van der Waals surface area (Å²) in [6.45, 7) is 9.18. The highest BCUT2D eigenvalue weighted by atomic mass is 16.5. The maximum Gasteiger partial charge on any atom is 0.307 e. The van der Waals surface area contributed by atoms with E-state index in [2.05, 4.69) is 77.6 Å². The molecule has 0 aromatic rings. The van der Waals surface area contributed by atoms with E-state index >= 15 is 0 Å². The van der Waals surface area contributed by atoms with Gasteiger partial charge in [0.15, 0.2) is 0 Å². The summed E-state index contributed by atoms with van der Waals surface area (Å²) in [5.41, 5.74) is 0. The Bertz CT molecular complexity index is 1030. The largest absolute Gasteiger partial charge is 0.466 e. The van der Waals surface area contributed by atoms with Crippen molar-refractivity contribution in [3.63, 3.8) is 0 Å². The first-order valence-electron chi connectivity index (χ1n) is 23.7. The van der Waals surface area contributed by atoms with Gasteiger partial charge in [0.05, 0.1) is 39.2 Å². The van der Waals surface area contributed by atoms with Crippen LogP contribution in [-0.4, -0.2) is 97.9 Å². The van der Waals surface area contributed by atoms with Crippen molar-refractivity contribution >= 4 is 17.8 Å². The molecular weight excluding hydrogens is 727 g/mol. The van der Waals surface area contributed by atoms with Crippen molar-refractivity contribution in [2.45, 2.75) is 187 Å². The predicted molar refractivity (Wildman–Crippen MR) is 242 cm³/mol. The smallest absolute Gasteiger partial charge is 0.307 e. The average Bonchev–Trinajstić information content (AvgIpc) is 3.21. The minimum Gasteiger partial charge on any atom is -0.466 e. The second-order valence-corrected chi connectivity index (χ2v) is 16.1. The molecule has 1 rings (SSSR count). The first kappa shape index (κ1) is 53.3. The number of aliphatic hydroxyl groups is 1. The number of carbonyl (C=O) groups is 3. The fraction of sp³-hybridized carbons (Fsp3) is 0.776. The Kier molecular flexibility index (Phi) is 37.7. The Hall–Kier alpha value is -2.75. The van der Waals surface area contributed by atoms with E-state index in [9.17, 15) is 19.5 Å². The summed E-state index contributed by atoms with van der Waals surface area (Å²) < 4.78 is 11.1. The van der Waals surface area contributed by atoms with E-state index in [1.807, 2.05) is 0 Å². The number of nitrogens with one attached hydrogen (secondary N) is 1. The van der Waals surface area contributed by atoms with Gasteiger partial charge in [0.25, 0.3) is 0 Å². The molecule has 0 aliphatic carbocycles. The van der Waals surface area contributed by atoms with Gasteiger partial charge in [-0.15, -0.1) is 0 Å². The Morgan fingerprint density at radius 2 is 0.914 bits per heavy atom. The van der Waals surface area contributed by atoms with Gasteiger partial charge in [-0.1, -0.05) is 140 Å². The summed E-state index contributed by atoms with van der Waals surface area (Å²) in [4.78, 5) is 42.9. The van der Waals surface area contributed by atoms with Gasteiger partial charge in [-0.2, -0.15) is 0 Å². The molecule has 1 amide bonds. The van der Waals surface area contributed by atoms with Gasteiger partial charge in [0.2, 0.25) is 5.91 Å². The number of esters is 2. The maximum absolute atomic E-state index is 13.0. The zero-order valence-electron chi connectivity index (χ0n) is 37.3. The van der Waals surface area contributed by atoms with Gasteiger partial charge in [0.1, 0.15) is 0 Å². The first-order chi connectivity index (χ1) is 28.5. The molecule has 0 bridgehead atoms. The number of aliphatic hydroxyl groups excluding tert-OH is 1. The summed E-state index contributed by atoms with van der Waals surface area (Å²) in [5, 5.41) is 12.1. The number of rotatable bonds is 39. The standard InChI is InChI=1S/C49H87N3O6/c1-3-5-7-9-11-13-15-17-19-21-23-25-27-29-31-33-41-57-48(55)43-46(50-47(54)45-52-37-35-51(36-38-52)39-40-53)44-49(56)58-42-34-32-30-28-26-24-22-20-18-16-14-12-10-8-6-4-2/h11-14,17-20,46,53H,3-10,15-16,21-45H2,1-2H3,(H,50,54)/b13-11-,14-12-,19-17-,20-18-. The zero-order valence-corrected chi connectivity index (χ0v) is 37.3. The highest BCUT2D eigenvalue weighted by Gasteiger charge is 2.24. The number of piperazine rings is 1. The second-order valence-electron chi connectivity index (χ2n) is 16.1. The van der Waals surface area contributed by atoms with Crippen LogP contribution in [0.4, 0.5) is 0 Å². The molecule has 1 aliphatic rings. The molecule has 1 saturated heterocycles. The van der Waals surface area contributed by atoms with Gasteiger partial charge in [-0.25, -0.2) is 0 Å². The fourth-order valence-electron chi connectivity index (χ4n) is 7.04. The maximum atomic E-state index is 13.0. The lowest BCUT2D eigenvalue weighted by Gasteiger charge is -2.34. The van der Waals surface area contributed by atoms with Crippen LogP contribution in [0.3, 0.4) is 0 Å². The molecule has 2 N–H and O–H groups in total. The number of carbonyl (C=O) groups excluding carboxylic acids is 3. The third kappa shape index (κ3) is 35.2. The van der Waals surface area contributed by atoms with Crippen LogP contribution in [0.25, 0.3) is 0 Å². The Morgan fingerprint density at radius 3 is 1.33 bits per heavy atom. The third-order valence-corrected chi connectivity index (χ3v) is 10.7.